The number of rotatable bonds is 6. The Morgan fingerprint density at radius 2 is 2.20 bits per heavy atom. The van der Waals surface area contributed by atoms with Gasteiger partial charge in [-0.15, -0.1) is 0 Å². The number of ketones is 1. The minimum atomic E-state index is 0.00334. The van der Waals surface area contributed by atoms with Gasteiger partial charge in [-0.2, -0.15) is 0 Å². The zero-order valence-electron chi connectivity index (χ0n) is 11.4. The van der Waals surface area contributed by atoms with E-state index >= 15 is 0 Å². The molecule has 20 heavy (non-hydrogen) atoms. The predicted molar refractivity (Wildman–Crippen MR) is 77.4 cm³/mol. The third kappa shape index (κ3) is 3.62. The van der Waals surface area contributed by atoms with Gasteiger partial charge in [0.1, 0.15) is 11.5 Å². The van der Waals surface area contributed by atoms with Crippen LogP contribution in [0.25, 0.3) is 0 Å². The summed E-state index contributed by atoms with van der Waals surface area (Å²) >= 11 is 6.02. The number of Topliss-reactive ketones (excluding diaryl/α,β-unsaturated/α-hetero) is 1. The molecule has 0 aliphatic rings. The van der Waals surface area contributed by atoms with E-state index in [1.807, 2.05) is 24.1 Å². The third-order valence-electron chi connectivity index (χ3n) is 2.89. The topological polar surface area (TPSA) is 42.7 Å². The van der Waals surface area contributed by atoms with Gasteiger partial charge in [-0.25, -0.2) is 0 Å². The van der Waals surface area contributed by atoms with E-state index in [0.29, 0.717) is 29.4 Å². The summed E-state index contributed by atoms with van der Waals surface area (Å²) in [7, 11) is 3.41. The lowest BCUT2D eigenvalue weighted by Gasteiger charge is -2.14. The van der Waals surface area contributed by atoms with Crippen LogP contribution in [-0.2, 0) is 6.54 Å². The zero-order valence-corrected chi connectivity index (χ0v) is 12.2. The quantitative estimate of drug-likeness (QED) is 0.767. The summed E-state index contributed by atoms with van der Waals surface area (Å²) in [6.45, 7) is 0.881. The molecule has 0 aliphatic heterocycles. The molecule has 2 rings (SSSR count). The van der Waals surface area contributed by atoms with Crippen LogP contribution in [0.2, 0.25) is 5.02 Å². The molecule has 1 heterocycles. The highest BCUT2D eigenvalue weighted by Gasteiger charge is 2.12. The number of benzene rings is 1. The summed E-state index contributed by atoms with van der Waals surface area (Å²) < 4.78 is 10.3. The summed E-state index contributed by atoms with van der Waals surface area (Å²) in [5.41, 5.74) is 0.571. The molecule has 0 atom stereocenters. The van der Waals surface area contributed by atoms with Crippen molar-refractivity contribution in [2.75, 3.05) is 20.7 Å². The van der Waals surface area contributed by atoms with Crippen molar-refractivity contribution in [1.82, 2.24) is 4.90 Å². The van der Waals surface area contributed by atoms with Crippen LogP contribution in [0.3, 0.4) is 0 Å². The van der Waals surface area contributed by atoms with Crippen molar-refractivity contribution in [2.45, 2.75) is 6.54 Å². The second-order valence-electron chi connectivity index (χ2n) is 4.52. The van der Waals surface area contributed by atoms with Gasteiger partial charge in [-0.1, -0.05) is 11.6 Å². The minimum absolute atomic E-state index is 0.00334. The van der Waals surface area contributed by atoms with Crippen molar-refractivity contribution in [3.05, 3.63) is 52.9 Å². The van der Waals surface area contributed by atoms with Gasteiger partial charge in [0.2, 0.25) is 0 Å². The molecule has 5 heteroatoms. The number of furan rings is 1. The van der Waals surface area contributed by atoms with Crippen LogP contribution in [0.5, 0.6) is 5.75 Å². The van der Waals surface area contributed by atoms with Gasteiger partial charge in [-0.05, 0) is 37.4 Å². The molecule has 0 radical (unpaired) electrons. The maximum absolute atomic E-state index is 12.2. The van der Waals surface area contributed by atoms with Crippen LogP contribution in [-0.4, -0.2) is 31.4 Å². The number of hydrogen-bond donors (Lipinski definition) is 0. The molecule has 0 fully saturated rings. The van der Waals surface area contributed by atoms with Gasteiger partial charge in [-0.3, -0.25) is 9.69 Å². The first-order chi connectivity index (χ1) is 9.60. The number of methoxy groups -OCH3 is 1. The fourth-order valence-corrected chi connectivity index (χ4v) is 2.16. The summed E-state index contributed by atoms with van der Waals surface area (Å²) in [4.78, 5) is 14.1. The molecule has 106 valence electrons. The third-order valence-corrected chi connectivity index (χ3v) is 3.19. The Morgan fingerprint density at radius 3 is 2.80 bits per heavy atom. The SMILES string of the molecule is COc1ccc(C(=O)CN(C)Cc2ccco2)cc1Cl. The zero-order chi connectivity index (χ0) is 14.5. The summed E-state index contributed by atoms with van der Waals surface area (Å²) in [6.07, 6.45) is 1.62. The Morgan fingerprint density at radius 1 is 1.40 bits per heavy atom. The molecule has 0 bridgehead atoms. The van der Waals surface area contributed by atoms with Crippen LogP contribution < -0.4 is 4.74 Å². The Kier molecular flexibility index (Phi) is 4.82. The van der Waals surface area contributed by atoms with Crippen LogP contribution in [0.15, 0.2) is 41.0 Å². The molecule has 0 amide bonds. The van der Waals surface area contributed by atoms with Crippen molar-refractivity contribution in [2.24, 2.45) is 0 Å². The molecule has 0 saturated heterocycles. The molecular formula is C15H16ClNO3. The standard InChI is InChI=1S/C15H16ClNO3/c1-17(9-12-4-3-7-20-12)10-14(18)11-5-6-15(19-2)13(16)8-11/h3-8H,9-10H2,1-2H3. The monoisotopic (exact) mass is 293 g/mol. The maximum Gasteiger partial charge on any atom is 0.176 e. The number of carbonyl (C=O) groups is 1. The lowest BCUT2D eigenvalue weighted by Crippen LogP contribution is -2.25. The summed E-state index contributed by atoms with van der Waals surface area (Å²) in [6, 6.07) is 8.75. The predicted octanol–water partition coefficient (Wildman–Crippen LogP) is 3.26. The van der Waals surface area contributed by atoms with Crippen molar-refractivity contribution in [3.8, 4) is 5.75 Å². The summed E-state index contributed by atoms with van der Waals surface area (Å²) in [5, 5.41) is 0.437. The first-order valence-corrected chi connectivity index (χ1v) is 6.55. The van der Waals surface area contributed by atoms with E-state index in [-0.39, 0.29) is 5.78 Å². The Labute approximate surface area is 122 Å². The molecule has 0 spiro atoms. The van der Waals surface area contributed by atoms with Gasteiger partial charge in [0.05, 0.1) is 31.5 Å². The van der Waals surface area contributed by atoms with Crippen molar-refractivity contribution < 1.29 is 13.9 Å². The average Bonchev–Trinajstić information content (AvgIpc) is 2.91. The smallest absolute Gasteiger partial charge is 0.176 e. The van der Waals surface area contributed by atoms with E-state index < -0.39 is 0 Å². The molecule has 1 aromatic heterocycles. The number of carbonyl (C=O) groups excluding carboxylic acids is 1. The lowest BCUT2D eigenvalue weighted by atomic mass is 10.1. The highest BCUT2D eigenvalue weighted by Crippen LogP contribution is 2.25. The second-order valence-corrected chi connectivity index (χ2v) is 4.93. The van der Waals surface area contributed by atoms with Gasteiger partial charge in [0.25, 0.3) is 0 Å². The van der Waals surface area contributed by atoms with E-state index in [0.717, 1.165) is 5.76 Å². The molecule has 0 N–H and O–H groups in total. The van der Waals surface area contributed by atoms with Crippen molar-refractivity contribution in [3.63, 3.8) is 0 Å². The Balaban J connectivity index is 1.99. The number of halogens is 1. The fraction of sp³-hybridized carbons (Fsp3) is 0.267. The van der Waals surface area contributed by atoms with Crippen molar-refractivity contribution in [1.29, 1.82) is 0 Å². The minimum Gasteiger partial charge on any atom is -0.495 e. The average molecular weight is 294 g/mol. The van der Waals surface area contributed by atoms with Crippen LogP contribution in [0.1, 0.15) is 16.1 Å². The number of nitrogens with zero attached hydrogens (tertiary/aromatic N) is 1. The highest BCUT2D eigenvalue weighted by molar-refractivity contribution is 6.32. The fourth-order valence-electron chi connectivity index (χ4n) is 1.90. The van der Waals surface area contributed by atoms with Gasteiger partial charge < -0.3 is 9.15 Å². The molecular weight excluding hydrogens is 278 g/mol. The van der Waals surface area contributed by atoms with E-state index in [9.17, 15) is 4.79 Å². The lowest BCUT2D eigenvalue weighted by molar-refractivity contribution is 0.0939. The molecule has 0 saturated carbocycles. The van der Waals surface area contributed by atoms with Gasteiger partial charge in [0, 0.05) is 5.56 Å². The Hall–Kier alpha value is -1.78. The van der Waals surface area contributed by atoms with Crippen LogP contribution >= 0.6 is 11.6 Å². The largest absolute Gasteiger partial charge is 0.495 e. The van der Waals surface area contributed by atoms with E-state index in [1.54, 1.807) is 31.6 Å². The number of likely N-dealkylation sites (N-methyl/N-ethyl adjacent to an activating group) is 1. The van der Waals surface area contributed by atoms with Crippen LogP contribution in [0, 0.1) is 0 Å². The molecule has 0 aliphatic carbocycles. The van der Waals surface area contributed by atoms with E-state index in [1.165, 1.54) is 0 Å². The second kappa shape index (κ2) is 6.59. The molecule has 0 unspecified atom stereocenters. The molecule has 4 nitrogen and oxygen atoms in total. The first-order valence-electron chi connectivity index (χ1n) is 6.18. The normalized spacial score (nSPS) is 10.8. The highest BCUT2D eigenvalue weighted by atomic mass is 35.5. The van der Waals surface area contributed by atoms with Crippen molar-refractivity contribution >= 4 is 17.4 Å². The first kappa shape index (κ1) is 14.6. The maximum atomic E-state index is 12.2. The number of ether oxygens (including phenoxy) is 1. The van der Waals surface area contributed by atoms with Gasteiger partial charge in [0.15, 0.2) is 5.78 Å². The number of hydrogen-bond acceptors (Lipinski definition) is 4. The molecule has 2 aromatic rings. The van der Waals surface area contributed by atoms with Crippen LogP contribution in [0.4, 0.5) is 0 Å². The van der Waals surface area contributed by atoms with E-state index in [4.69, 9.17) is 20.8 Å². The summed E-state index contributed by atoms with van der Waals surface area (Å²) in [5.74, 6) is 1.39. The van der Waals surface area contributed by atoms with Gasteiger partial charge >= 0.3 is 0 Å². The molecule has 1 aromatic carbocycles. The van der Waals surface area contributed by atoms with E-state index in [2.05, 4.69) is 0 Å². The Bertz CT molecular complexity index is 581.